The number of benzene rings is 1. The molecule has 3 rings (SSSR count). The number of amides is 2. The Labute approximate surface area is 154 Å². The van der Waals surface area contributed by atoms with E-state index in [1.807, 2.05) is 11.4 Å². The maximum Gasteiger partial charge on any atom is 0.274 e. The van der Waals surface area contributed by atoms with E-state index in [-0.39, 0.29) is 17.5 Å². The van der Waals surface area contributed by atoms with E-state index in [9.17, 15) is 19.7 Å². The second kappa shape index (κ2) is 7.65. The highest BCUT2D eigenvalue weighted by molar-refractivity contribution is 7.12. The number of hydrogen-bond acceptors (Lipinski definition) is 5. The van der Waals surface area contributed by atoms with Gasteiger partial charge in [-0.25, -0.2) is 0 Å². The number of carbonyl (C=O) groups is 2. The molecule has 1 aliphatic heterocycles. The van der Waals surface area contributed by atoms with Gasteiger partial charge in [0.1, 0.15) is 6.04 Å². The highest BCUT2D eigenvalue weighted by Gasteiger charge is 2.33. The maximum atomic E-state index is 12.8. The molecule has 0 aliphatic carbocycles. The minimum Gasteiger partial charge on any atom is -0.326 e. The monoisotopic (exact) mass is 373 g/mol. The first kappa shape index (κ1) is 18.1. The maximum absolute atomic E-state index is 12.8. The van der Waals surface area contributed by atoms with Crippen LogP contribution in [0.4, 0.5) is 11.4 Å². The summed E-state index contributed by atoms with van der Waals surface area (Å²) >= 11 is 1.35. The molecule has 1 fully saturated rings. The molecule has 1 unspecified atom stereocenters. The van der Waals surface area contributed by atoms with Gasteiger partial charge in [-0.05, 0) is 43.7 Å². The van der Waals surface area contributed by atoms with Gasteiger partial charge in [-0.3, -0.25) is 19.7 Å². The van der Waals surface area contributed by atoms with Crippen molar-refractivity contribution in [3.05, 3.63) is 56.3 Å². The van der Waals surface area contributed by atoms with E-state index in [0.29, 0.717) is 29.1 Å². The fourth-order valence-corrected chi connectivity index (χ4v) is 3.84. The van der Waals surface area contributed by atoms with Crippen LogP contribution in [-0.4, -0.2) is 34.2 Å². The lowest BCUT2D eigenvalue weighted by molar-refractivity contribution is -0.385. The molecule has 1 atom stereocenters. The van der Waals surface area contributed by atoms with Crippen LogP contribution in [0.25, 0.3) is 0 Å². The Hall–Kier alpha value is -2.74. The summed E-state index contributed by atoms with van der Waals surface area (Å²) in [4.78, 5) is 38.3. The third kappa shape index (κ3) is 3.60. The summed E-state index contributed by atoms with van der Waals surface area (Å²) in [6.45, 7) is 2.13. The Morgan fingerprint density at radius 3 is 2.77 bits per heavy atom. The molecule has 1 aromatic heterocycles. The second-order valence-corrected chi connectivity index (χ2v) is 7.13. The summed E-state index contributed by atoms with van der Waals surface area (Å²) in [5.41, 5.74) is 0.758. The van der Waals surface area contributed by atoms with Gasteiger partial charge in [0.2, 0.25) is 5.91 Å². The predicted molar refractivity (Wildman–Crippen MR) is 99.5 cm³/mol. The number of nitrogens with one attached hydrogen (secondary N) is 1. The summed E-state index contributed by atoms with van der Waals surface area (Å²) in [6, 6.07) is 7.56. The van der Waals surface area contributed by atoms with Crippen LogP contribution < -0.4 is 5.32 Å². The molecule has 1 aliphatic rings. The molecule has 8 heteroatoms. The molecular formula is C18H19N3O4S. The molecule has 1 saturated heterocycles. The fourth-order valence-electron chi connectivity index (χ4n) is 3.16. The van der Waals surface area contributed by atoms with Crippen LogP contribution in [0.1, 0.15) is 34.5 Å². The molecule has 2 amide bonds. The zero-order valence-electron chi connectivity index (χ0n) is 14.3. The number of likely N-dealkylation sites (tertiary alicyclic amines) is 1. The van der Waals surface area contributed by atoms with Crippen LogP contribution >= 0.6 is 11.3 Å². The average Bonchev–Trinajstić information content (AvgIpc) is 3.17. The number of piperidine rings is 1. The fraction of sp³-hybridized carbons (Fsp3) is 0.333. The molecule has 0 radical (unpaired) electrons. The molecule has 26 heavy (non-hydrogen) atoms. The van der Waals surface area contributed by atoms with E-state index in [1.54, 1.807) is 24.0 Å². The van der Waals surface area contributed by atoms with Gasteiger partial charge in [-0.2, -0.15) is 0 Å². The Bertz CT molecular complexity index is 835. The SMILES string of the molecule is Cc1c(NC(=O)C2CCCCN2C(=O)c2cccs2)cccc1[N+](=O)[O-]. The van der Waals surface area contributed by atoms with Gasteiger partial charge in [-0.15, -0.1) is 11.3 Å². The Morgan fingerprint density at radius 1 is 1.27 bits per heavy atom. The zero-order chi connectivity index (χ0) is 18.7. The third-order valence-electron chi connectivity index (χ3n) is 4.56. The number of rotatable bonds is 4. The van der Waals surface area contributed by atoms with Crippen molar-refractivity contribution in [2.45, 2.75) is 32.2 Å². The second-order valence-electron chi connectivity index (χ2n) is 6.18. The lowest BCUT2D eigenvalue weighted by Crippen LogP contribution is -2.49. The smallest absolute Gasteiger partial charge is 0.274 e. The van der Waals surface area contributed by atoms with E-state index in [2.05, 4.69) is 5.32 Å². The number of anilines is 1. The van der Waals surface area contributed by atoms with Gasteiger partial charge in [0, 0.05) is 12.6 Å². The third-order valence-corrected chi connectivity index (χ3v) is 5.42. The van der Waals surface area contributed by atoms with Crippen molar-refractivity contribution in [1.82, 2.24) is 4.90 Å². The molecule has 0 spiro atoms. The first-order valence-corrected chi connectivity index (χ1v) is 9.26. The number of carbonyl (C=O) groups excluding carboxylic acids is 2. The van der Waals surface area contributed by atoms with Crippen LogP contribution in [0, 0.1) is 17.0 Å². The quantitative estimate of drug-likeness (QED) is 0.655. The standard InChI is InChI=1S/C18H19N3O4S/c1-12-13(6-4-8-14(12)21(24)25)19-17(22)15-7-2-3-10-20(15)18(23)16-9-5-11-26-16/h4-6,8-9,11,15H,2-3,7,10H2,1H3,(H,19,22). The average molecular weight is 373 g/mol. The lowest BCUT2D eigenvalue weighted by Gasteiger charge is -2.34. The van der Waals surface area contributed by atoms with Crippen LogP contribution in [0.2, 0.25) is 0 Å². The summed E-state index contributed by atoms with van der Waals surface area (Å²) in [5.74, 6) is -0.450. The van der Waals surface area contributed by atoms with Gasteiger partial charge in [-0.1, -0.05) is 12.1 Å². The van der Waals surface area contributed by atoms with Crippen LogP contribution in [-0.2, 0) is 4.79 Å². The van der Waals surface area contributed by atoms with Crippen LogP contribution in [0.15, 0.2) is 35.7 Å². The highest BCUT2D eigenvalue weighted by atomic mass is 32.1. The van der Waals surface area contributed by atoms with Crippen molar-refractivity contribution >= 4 is 34.5 Å². The topological polar surface area (TPSA) is 92.6 Å². The van der Waals surface area contributed by atoms with E-state index in [1.165, 1.54) is 23.5 Å². The summed E-state index contributed by atoms with van der Waals surface area (Å²) < 4.78 is 0. The molecule has 7 nitrogen and oxygen atoms in total. The summed E-state index contributed by atoms with van der Waals surface area (Å²) in [7, 11) is 0. The van der Waals surface area contributed by atoms with Crippen molar-refractivity contribution < 1.29 is 14.5 Å². The molecular weight excluding hydrogens is 354 g/mol. The highest BCUT2D eigenvalue weighted by Crippen LogP contribution is 2.27. The first-order chi connectivity index (χ1) is 12.5. The first-order valence-electron chi connectivity index (χ1n) is 8.38. The lowest BCUT2D eigenvalue weighted by atomic mass is 10.0. The van der Waals surface area contributed by atoms with Crippen molar-refractivity contribution in [1.29, 1.82) is 0 Å². The van der Waals surface area contributed by atoms with E-state index in [0.717, 1.165) is 12.8 Å². The number of nitro benzene ring substituents is 1. The van der Waals surface area contributed by atoms with Gasteiger partial charge in [0.25, 0.3) is 11.6 Å². The zero-order valence-corrected chi connectivity index (χ0v) is 15.1. The molecule has 1 aromatic carbocycles. The Morgan fingerprint density at radius 2 is 2.08 bits per heavy atom. The van der Waals surface area contributed by atoms with E-state index >= 15 is 0 Å². The molecule has 1 N–H and O–H groups in total. The number of nitrogens with zero attached hydrogens (tertiary/aromatic N) is 2. The number of hydrogen-bond donors (Lipinski definition) is 1. The van der Waals surface area contributed by atoms with Gasteiger partial charge >= 0.3 is 0 Å². The van der Waals surface area contributed by atoms with Crippen LogP contribution in [0.3, 0.4) is 0 Å². The van der Waals surface area contributed by atoms with Gasteiger partial charge < -0.3 is 10.2 Å². The van der Waals surface area contributed by atoms with Crippen LogP contribution in [0.5, 0.6) is 0 Å². The largest absolute Gasteiger partial charge is 0.326 e. The van der Waals surface area contributed by atoms with Crippen molar-refractivity contribution in [2.75, 3.05) is 11.9 Å². The van der Waals surface area contributed by atoms with Crippen molar-refractivity contribution in [3.8, 4) is 0 Å². The Kier molecular flexibility index (Phi) is 5.32. The molecule has 0 bridgehead atoms. The number of thiophene rings is 1. The van der Waals surface area contributed by atoms with Gasteiger partial charge in [0.15, 0.2) is 0 Å². The molecule has 2 heterocycles. The molecule has 2 aromatic rings. The minimum atomic E-state index is -0.572. The molecule has 136 valence electrons. The normalized spacial score (nSPS) is 17.0. The summed E-state index contributed by atoms with van der Waals surface area (Å²) in [5, 5.41) is 15.7. The van der Waals surface area contributed by atoms with Gasteiger partial charge in [0.05, 0.1) is 21.1 Å². The van der Waals surface area contributed by atoms with E-state index < -0.39 is 11.0 Å². The van der Waals surface area contributed by atoms with E-state index in [4.69, 9.17) is 0 Å². The van der Waals surface area contributed by atoms with Crippen molar-refractivity contribution in [3.63, 3.8) is 0 Å². The number of nitro groups is 1. The summed E-state index contributed by atoms with van der Waals surface area (Å²) in [6.07, 6.45) is 2.30. The minimum absolute atomic E-state index is 0.0436. The van der Waals surface area contributed by atoms with Crippen molar-refractivity contribution in [2.24, 2.45) is 0 Å². The molecule has 0 saturated carbocycles. The predicted octanol–water partition coefficient (Wildman–Crippen LogP) is 3.60. The Balaban J connectivity index is 1.80.